The molecule has 7 heteroatoms. The van der Waals surface area contributed by atoms with Gasteiger partial charge in [-0.1, -0.05) is 48.5 Å². The molecule has 7 nitrogen and oxygen atoms in total. The molecule has 1 heterocycles. The molecule has 4 aromatic rings. The maximum Gasteiger partial charge on any atom is 0.305 e. The minimum absolute atomic E-state index is 0.0578. The van der Waals surface area contributed by atoms with Crippen molar-refractivity contribution in [2.75, 3.05) is 6.61 Å². The van der Waals surface area contributed by atoms with Crippen molar-refractivity contribution in [1.29, 1.82) is 0 Å². The number of ether oxygens (including phenoxy) is 2. The Balaban J connectivity index is 1.22. The minimum atomic E-state index is -0.579. The van der Waals surface area contributed by atoms with Crippen molar-refractivity contribution >= 4 is 22.6 Å². The van der Waals surface area contributed by atoms with Gasteiger partial charge in [0.2, 0.25) is 0 Å². The molecule has 4 rings (SSSR count). The highest BCUT2D eigenvalue weighted by Crippen LogP contribution is 2.20. The van der Waals surface area contributed by atoms with Crippen LogP contribution in [-0.4, -0.2) is 18.4 Å². The zero-order valence-electron chi connectivity index (χ0n) is 16.5. The van der Waals surface area contributed by atoms with Gasteiger partial charge in [-0.05, 0) is 47.2 Å². The van der Waals surface area contributed by atoms with Gasteiger partial charge in [0, 0.05) is 0 Å². The van der Waals surface area contributed by atoms with Gasteiger partial charge < -0.3 is 13.9 Å². The summed E-state index contributed by atoms with van der Waals surface area (Å²) in [6, 6.07) is 25.8. The molecule has 31 heavy (non-hydrogen) atoms. The molecule has 0 saturated carbocycles. The van der Waals surface area contributed by atoms with Gasteiger partial charge in [0.1, 0.15) is 23.9 Å². The van der Waals surface area contributed by atoms with Gasteiger partial charge >= 0.3 is 5.91 Å². The van der Waals surface area contributed by atoms with E-state index in [1.54, 1.807) is 12.1 Å². The van der Waals surface area contributed by atoms with Crippen LogP contribution in [0.3, 0.4) is 0 Å². The molecule has 0 aliphatic rings. The molecular weight excluding hydrogens is 396 g/mol. The van der Waals surface area contributed by atoms with Crippen LogP contribution in [0.1, 0.15) is 16.3 Å². The first kappa shape index (κ1) is 20.0. The minimum Gasteiger partial charge on any atom is -0.486 e. The third-order valence-corrected chi connectivity index (χ3v) is 4.42. The fourth-order valence-electron chi connectivity index (χ4n) is 2.88. The van der Waals surface area contributed by atoms with Gasteiger partial charge in [-0.25, -0.2) is 0 Å². The van der Waals surface area contributed by atoms with Crippen LogP contribution in [0.25, 0.3) is 10.8 Å². The van der Waals surface area contributed by atoms with Crippen molar-refractivity contribution in [3.63, 3.8) is 0 Å². The molecule has 2 amide bonds. The molecule has 0 saturated heterocycles. The van der Waals surface area contributed by atoms with E-state index in [0.29, 0.717) is 17.3 Å². The fourth-order valence-corrected chi connectivity index (χ4v) is 2.88. The predicted molar refractivity (Wildman–Crippen MR) is 115 cm³/mol. The van der Waals surface area contributed by atoms with Crippen molar-refractivity contribution in [3.8, 4) is 11.5 Å². The standard InChI is InChI=1S/C24H20N2O5/c27-23(16-30-20-11-10-17-6-4-5-7-18(17)14-20)25-26-24(28)22-13-12-21(31-22)15-29-19-8-2-1-3-9-19/h1-14H,15-16H2,(H,25,27)(H,26,28). The highest BCUT2D eigenvalue weighted by Gasteiger charge is 2.13. The molecule has 156 valence electrons. The monoisotopic (exact) mass is 416 g/mol. The van der Waals surface area contributed by atoms with E-state index in [0.717, 1.165) is 10.8 Å². The molecular formula is C24H20N2O5. The summed E-state index contributed by atoms with van der Waals surface area (Å²) in [5.74, 6) is 0.728. The Kier molecular flexibility index (Phi) is 6.13. The summed E-state index contributed by atoms with van der Waals surface area (Å²) in [6.45, 7) is -0.0593. The highest BCUT2D eigenvalue weighted by molar-refractivity contribution is 5.93. The molecule has 0 bridgehead atoms. The number of benzene rings is 3. The number of fused-ring (bicyclic) bond motifs is 1. The van der Waals surface area contributed by atoms with Gasteiger partial charge in [-0.2, -0.15) is 0 Å². The Morgan fingerprint density at radius 2 is 1.52 bits per heavy atom. The topological polar surface area (TPSA) is 89.8 Å². The summed E-state index contributed by atoms with van der Waals surface area (Å²) >= 11 is 0. The number of carbonyl (C=O) groups excluding carboxylic acids is 2. The predicted octanol–water partition coefficient (Wildman–Crippen LogP) is 3.85. The summed E-state index contributed by atoms with van der Waals surface area (Å²) in [5, 5.41) is 2.09. The second-order valence-corrected chi connectivity index (χ2v) is 6.67. The zero-order chi connectivity index (χ0) is 21.5. The molecule has 0 aliphatic carbocycles. The van der Waals surface area contributed by atoms with E-state index < -0.39 is 11.8 Å². The molecule has 0 spiro atoms. The Hall–Kier alpha value is -4.26. The van der Waals surface area contributed by atoms with Crippen molar-refractivity contribution < 1.29 is 23.5 Å². The molecule has 0 radical (unpaired) electrons. The molecule has 0 aliphatic heterocycles. The number of hydrazine groups is 1. The number of hydrogen-bond donors (Lipinski definition) is 2. The van der Waals surface area contributed by atoms with E-state index in [-0.39, 0.29) is 19.0 Å². The van der Waals surface area contributed by atoms with Crippen LogP contribution >= 0.6 is 0 Å². The number of nitrogens with one attached hydrogen (secondary N) is 2. The van der Waals surface area contributed by atoms with E-state index in [4.69, 9.17) is 13.9 Å². The lowest BCUT2D eigenvalue weighted by atomic mass is 10.1. The highest BCUT2D eigenvalue weighted by atomic mass is 16.5. The Morgan fingerprint density at radius 3 is 2.35 bits per heavy atom. The molecule has 2 N–H and O–H groups in total. The van der Waals surface area contributed by atoms with Crippen LogP contribution in [0.5, 0.6) is 11.5 Å². The Labute approximate surface area is 178 Å². The van der Waals surface area contributed by atoms with E-state index in [9.17, 15) is 9.59 Å². The van der Waals surface area contributed by atoms with E-state index in [2.05, 4.69) is 10.9 Å². The smallest absolute Gasteiger partial charge is 0.305 e. The Bertz CT molecular complexity index is 1190. The number of furan rings is 1. The normalized spacial score (nSPS) is 10.5. The van der Waals surface area contributed by atoms with Crippen LogP contribution in [0.15, 0.2) is 89.3 Å². The van der Waals surface area contributed by atoms with Crippen molar-refractivity contribution in [3.05, 3.63) is 96.4 Å². The van der Waals surface area contributed by atoms with Crippen LogP contribution in [0, 0.1) is 0 Å². The second-order valence-electron chi connectivity index (χ2n) is 6.67. The number of rotatable bonds is 7. The van der Waals surface area contributed by atoms with Gasteiger partial charge in [-0.15, -0.1) is 0 Å². The lowest BCUT2D eigenvalue weighted by Crippen LogP contribution is -2.43. The third-order valence-electron chi connectivity index (χ3n) is 4.42. The van der Waals surface area contributed by atoms with Crippen molar-refractivity contribution in [2.45, 2.75) is 6.61 Å². The lowest BCUT2D eigenvalue weighted by Gasteiger charge is -2.09. The molecule has 1 aromatic heterocycles. The number of carbonyl (C=O) groups is 2. The van der Waals surface area contributed by atoms with Crippen molar-refractivity contribution in [2.24, 2.45) is 0 Å². The maximum absolute atomic E-state index is 12.2. The number of amides is 2. The van der Waals surface area contributed by atoms with Gasteiger partial charge in [-0.3, -0.25) is 20.4 Å². The lowest BCUT2D eigenvalue weighted by molar-refractivity contribution is -0.123. The quantitative estimate of drug-likeness (QED) is 0.447. The molecule has 3 aromatic carbocycles. The van der Waals surface area contributed by atoms with Crippen LogP contribution in [0.4, 0.5) is 0 Å². The first-order valence-corrected chi connectivity index (χ1v) is 9.65. The van der Waals surface area contributed by atoms with Crippen molar-refractivity contribution in [1.82, 2.24) is 10.9 Å². The first-order valence-electron chi connectivity index (χ1n) is 9.65. The van der Waals surface area contributed by atoms with Crippen LogP contribution < -0.4 is 20.3 Å². The van der Waals surface area contributed by atoms with Gasteiger partial charge in [0.05, 0.1) is 0 Å². The molecule has 0 atom stereocenters. The number of para-hydroxylation sites is 1. The average molecular weight is 416 g/mol. The maximum atomic E-state index is 12.2. The van der Waals surface area contributed by atoms with Crippen LogP contribution in [0.2, 0.25) is 0 Å². The zero-order valence-corrected chi connectivity index (χ0v) is 16.5. The molecule has 0 unspecified atom stereocenters. The summed E-state index contributed by atoms with van der Waals surface area (Å²) < 4.78 is 16.5. The number of hydrogen-bond acceptors (Lipinski definition) is 5. The SMILES string of the molecule is O=C(COc1ccc2ccccc2c1)NNC(=O)c1ccc(COc2ccccc2)o1. The van der Waals surface area contributed by atoms with E-state index in [1.165, 1.54) is 6.07 Å². The summed E-state index contributed by atoms with van der Waals surface area (Å²) in [6.07, 6.45) is 0. The summed E-state index contributed by atoms with van der Waals surface area (Å²) in [5.41, 5.74) is 4.60. The summed E-state index contributed by atoms with van der Waals surface area (Å²) in [4.78, 5) is 24.1. The first-order chi connectivity index (χ1) is 15.2. The Morgan fingerprint density at radius 1 is 0.742 bits per heavy atom. The van der Waals surface area contributed by atoms with Gasteiger partial charge in [0.25, 0.3) is 5.91 Å². The largest absolute Gasteiger partial charge is 0.486 e. The van der Waals surface area contributed by atoms with E-state index >= 15 is 0 Å². The average Bonchev–Trinajstić information content (AvgIpc) is 3.29. The fraction of sp³-hybridized carbons (Fsp3) is 0.0833. The second kappa shape index (κ2) is 9.49. The van der Waals surface area contributed by atoms with Gasteiger partial charge in [0.15, 0.2) is 12.4 Å². The summed E-state index contributed by atoms with van der Waals surface area (Å²) in [7, 11) is 0. The van der Waals surface area contributed by atoms with Crippen LogP contribution in [-0.2, 0) is 11.4 Å². The molecule has 0 fully saturated rings. The van der Waals surface area contributed by atoms with E-state index in [1.807, 2.05) is 66.7 Å². The third kappa shape index (κ3) is 5.42.